The Morgan fingerprint density at radius 3 is 2.00 bits per heavy atom. The number of hydrogen-bond acceptors (Lipinski definition) is 7. The number of carbonyl (C=O) groups is 1. The molecular formula is C30H37ClN2O6. The predicted octanol–water partition coefficient (Wildman–Crippen LogP) is 6.17. The molecule has 0 amide bonds. The highest BCUT2D eigenvalue weighted by molar-refractivity contribution is 5.87. The lowest BCUT2D eigenvalue weighted by Gasteiger charge is -2.23. The van der Waals surface area contributed by atoms with E-state index in [1.165, 1.54) is 29.6 Å². The largest absolute Gasteiger partial charge is 0.490 e. The minimum atomic E-state index is -0.942. The Balaban J connectivity index is 0.000000453. The summed E-state index contributed by atoms with van der Waals surface area (Å²) in [5.41, 5.74) is 4.97. The van der Waals surface area contributed by atoms with Gasteiger partial charge in [0.05, 0.1) is 32.0 Å². The van der Waals surface area contributed by atoms with Gasteiger partial charge in [0.2, 0.25) is 0 Å². The molecule has 0 saturated carbocycles. The predicted molar refractivity (Wildman–Crippen MR) is 155 cm³/mol. The van der Waals surface area contributed by atoms with Crippen molar-refractivity contribution in [2.24, 2.45) is 0 Å². The van der Waals surface area contributed by atoms with Crippen molar-refractivity contribution in [3.05, 3.63) is 82.8 Å². The highest BCUT2D eigenvalue weighted by atomic mass is 35.5. The number of nitrogens with one attached hydrogen (secondary N) is 1. The average molecular weight is 557 g/mol. The molecular weight excluding hydrogens is 520 g/mol. The third-order valence-corrected chi connectivity index (χ3v) is 5.57. The van der Waals surface area contributed by atoms with E-state index in [1.807, 2.05) is 39.8 Å². The second-order valence-corrected chi connectivity index (χ2v) is 8.25. The lowest BCUT2D eigenvalue weighted by Crippen LogP contribution is -2.22. The molecule has 0 saturated heterocycles. The molecule has 9 heteroatoms. The van der Waals surface area contributed by atoms with Crippen LogP contribution in [0.3, 0.4) is 0 Å². The molecule has 0 spiro atoms. The topological polar surface area (TPSA) is 99.1 Å². The summed E-state index contributed by atoms with van der Waals surface area (Å²) >= 11 is 0. The SMILES string of the molecule is CCOc1ccc(/C=C2\Cc3cc(OCC)c(OCC)cc3CN2)cc1OCC.Cl.O=C(O)c1cccnc1. The fourth-order valence-corrected chi connectivity index (χ4v) is 3.94. The van der Waals surface area contributed by atoms with Gasteiger partial charge in [0.15, 0.2) is 23.0 Å². The number of carboxylic acid groups (broad SMARTS) is 1. The molecule has 2 heterocycles. The first-order valence-electron chi connectivity index (χ1n) is 12.9. The summed E-state index contributed by atoms with van der Waals surface area (Å²) in [6.07, 6.45) is 5.83. The Morgan fingerprint density at radius 2 is 1.46 bits per heavy atom. The number of aromatic carboxylic acids is 1. The Labute approximate surface area is 236 Å². The van der Waals surface area contributed by atoms with E-state index in [2.05, 4.69) is 34.6 Å². The number of allylic oxidation sites excluding steroid dienone is 1. The molecule has 39 heavy (non-hydrogen) atoms. The van der Waals surface area contributed by atoms with E-state index in [4.69, 9.17) is 24.1 Å². The van der Waals surface area contributed by atoms with Gasteiger partial charge in [0, 0.05) is 31.1 Å². The summed E-state index contributed by atoms with van der Waals surface area (Å²) in [5, 5.41) is 11.9. The van der Waals surface area contributed by atoms with Crippen molar-refractivity contribution in [1.82, 2.24) is 10.3 Å². The monoisotopic (exact) mass is 556 g/mol. The fourth-order valence-electron chi connectivity index (χ4n) is 3.94. The number of fused-ring (bicyclic) bond motifs is 1. The van der Waals surface area contributed by atoms with Crippen LogP contribution in [0.15, 0.2) is 60.6 Å². The van der Waals surface area contributed by atoms with Crippen LogP contribution < -0.4 is 24.3 Å². The van der Waals surface area contributed by atoms with Gasteiger partial charge in [-0.1, -0.05) is 6.07 Å². The van der Waals surface area contributed by atoms with Crippen LogP contribution in [0, 0.1) is 0 Å². The average Bonchev–Trinajstić information content (AvgIpc) is 2.92. The van der Waals surface area contributed by atoms with Crippen molar-refractivity contribution in [1.29, 1.82) is 0 Å². The van der Waals surface area contributed by atoms with Crippen molar-refractivity contribution in [2.75, 3.05) is 26.4 Å². The first-order valence-corrected chi connectivity index (χ1v) is 12.9. The van der Waals surface area contributed by atoms with Gasteiger partial charge in [-0.25, -0.2) is 4.79 Å². The van der Waals surface area contributed by atoms with Gasteiger partial charge < -0.3 is 29.4 Å². The fraction of sp³-hybridized carbons (Fsp3) is 0.333. The molecule has 0 radical (unpaired) electrons. The molecule has 3 aromatic rings. The van der Waals surface area contributed by atoms with E-state index in [1.54, 1.807) is 6.07 Å². The quantitative estimate of drug-likeness (QED) is 0.306. The van der Waals surface area contributed by atoms with Gasteiger partial charge in [0.25, 0.3) is 0 Å². The van der Waals surface area contributed by atoms with Crippen LogP contribution in [-0.2, 0) is 13.0 Å². The maximum absolute atomic E-state index is 10.2. The van der Waals surface area contributed by atoms with E-state index >= 15 is 0 Å². The van der Waals surface area contributed by atoms with Crippen LogP contribution in [0.25, 0.3) is 6.08 Å². The van der Waals surface area contributed by atoms with Crippen molar-refractivity contribution in [2.45, 2.75) is 40.7 Å². The summed E-state index contributed by atoms with van der Waals surface area (Å²) < 4.78 is 23.0. The summed E-state index contributed by atoms with van der Waals surface area (Å²) in [6, 6.07) is 13.3. The van der Waals surface area contributed by atoms with Crippen molar-refractivity contribution >= 4 is 24.5 Å². The van der Waals surface area contributed by atoms with E-state index < -0.39 is 5.97 Å². The second-order valence-electron chi connectivity index (χ2n) is 8.25. The standard InChI is InChI=1S/C24H31NO4.C6H5NO2.ClH/c1-5-26-21-10-9-17(12-22(21)27-6-2)11-20-13-18-14-23(28-7-3)24(29-8-4)15-19(18)16-25-20;8-6(9)5-2-1-3-7-4-5;/h9-12,14-15,25H,5-8,13,16H2,1-4H3;1-4H,(H,8,9);1H/b20-11+;;. The molecule has 1 aromatic heterocycles. The summed E-state index contributed by atoms with van der Waals surface area (Å²) in [6.45, 7) is 11.2. The highest BCUT2D eigenvalue weighted by Crippen LogP contribution is 2.35. The second kappa shape index (κ2) is 16.1. The number of aromatic nitrogens is 1. The molecule has 2 N–H and O–H groups in total. The maximum atomic E-state index is 10.2. The lowest BCUT2D eigenvalue weighted by atomic mass is 9.97. The molecule has 1 aliphatic rings. The number of ether oxygens (including phenoxy) is 4. The van der Waals surface area contributed by atoms with E-state index in [0.29, 0.717) is 26.4 Å². The number of rotatable bonds is 10. The zero-order chi connectivity index (χ0) is 27.3. The van der Waals surface area contributed by atoms with Gasteiger partial charge in [-0.05, 0) is 86.9 Å². The Hall–Kier alpha value is -3.91. The molecule has 1 aliphatic heterocycles. The van der Waals surface area contributed by atoms with Crippen LogP contribution in [0.5, 0.6) is 23.0 Å². The molecule has 4 rings (SSSR count). The smallest absolute Gasteiger partial charge is 0.337 e. The maximum Gasteiger partial charge on any atom is 0.337 e. The van der Waals surface area contributed by atoms with Gasteiger partial charge in [0.1, 0.15) is 0 Å². The van der Waals surface area contributed by atoms with Gasteiger partial charge in [-0.15, -0.1) is 12.4 Å². The Morgan fingerprint density at radius 1 is 0.872 bits per heavy atom. The molecule has 210 valence electrons. The number of nitrogens with zero attached hydrogens (tertiary/aromatic N) is 1. The van der Waals surface area contributed by atoms with Crippen LogP contribution in [-0.4, -0.2) is 42.5 Å². The number of pyridine rings is 1. The van der Waals surface area contributed by atoms with Gasteiger partial charge in [-0.2, -0.15) is 0 Å². The first-order chi connectivity index (χ1) is 18.5. The molecule has 0 aliphatic carbocycles. The number of carboxylic acids is 1. The van der Waals surface area contributed by atoms with Crippen LogP contribution in [0.4, 0.5) is 0 Å². The molecule has 2 aromatic carbocycles. The summed E-state index contributed by atoms with van der Waals surface area (Å²) in [5.74, 6) is 2.25. The van der Waals surface area contributed by atoms with E-state index in [0.717, 1.165) is 47.2 Å². The Kier molecular flexibility index (Phi) is 13.0. The van der Waals surface area contributed by atoms with Crippen LogP contribution in [0.1, 0.15) is 54.7 Å². The lowest BCUT2D eigenvalue weighted by molar-refractivity contribution is 0.0696. The molecule has 0 fully saturated rings. The van der Waals surface area contributed by atoms with Crippen LogP contribution >= 0.6 is 12.4 Å². The summed E-state index contributed by atoms with van der Waals surface area (Å²) in [4.78, 5) is 13.8. The van der Waals surface area contributed by atoms with E-state index in [-0.39, 0.29) is 18.0 Å². The molecule has 8 nitrogen and oxygen atoms in total. The normalized spacial score (nSPS) is 12.6. The summed E-state index contributed by atoms with van der Waals surface area (Å²) in [7, 11) is 0. The van der Waals surface area contributed by atoms with Gasteiger partial charge >= 0.3 is 5.97 Å². The third kappa shape index (κ3) is 9.11. The van der Waals surface area contributed by atoms with Gasteiger partial charge in [-0.3, -0.25) is 4.98 Å². The Bertz CT molecular complexity index is 1230. The van der Waals surface area contributed by atoms with E-state index in [9.17, 15) is 4.79 Å². The number of benzene rings is 2. The highest BCUT2D eigenvalue weighted by Gasteiger charge is 2.17. The molecule has 0 atom stereocenters. The minimum Gasteiger partial charge on any atom is -0.490 e. The van der Waals surface area contributed by atoms with Crippen molar-refractivity contribution in [3.63, 3.8) is 0 Å². The molecule has 0 unspecified atom stereocenters. The van der Waals surface area contributed by atoms with Crippen molar-refractivity contribution < 1.29 is 28.8 Å². The molecule has 0 bridgehead atoms. The van der Waals surface area contributed by atoms with Crippen molar-refractivity contribution in [3.8, 4) is 23.0 Å². The number of hydrogen-bond donors (Lipinski definition) is 2. The third-order valence-electron chi connectivity index (χ3n) is 5.57. The zero-order valence-electron chi connectivity index (χ0n) is 22.9. The zero-order valence-corrected chi connectivity index (χ0v) is 23.7. The first kappa shape index (κ1) is 31.3. The number of halogens is 1. The van der Waals surface area contributed by atoms with Crippen LogP contribution in [0.2, 0.25) is 0 Å². The minimum absolute atomic E-state index is 0.